The maximum atomic E-state index is 13.7. The van der Waals surface area contributed by atoms with Crippen LogP contribution >= 0.6 is 0 Å². The van der Waals surface area contributed by atoms with E-state index in [4.69, 9.17) is 5.11 Å². The second-order valence-electron chi connectivity index (χ2n) is 10.7. The van der Waals surface area contributed by atoms with Crippen molar-refractivity contribution < 1.29 is 28.3 Å². The predicted molar refractivity (Wildman–Crippen MR) is 137 cm³/mol. The number of aliphatic carboxylic acids is 1. The van der Waals surface area contributed by atoms with Crippen LogP contribution in [0.3, 0.4) is 0 Å². The normalized spacial score (nSPS) is 17.6. The zero-order valence-electron chi connectivity index (χ0n) is 21.5. The number of urea groups is 1. The van der Waals surface area contributed by atoms with E-state index in [9.17, 15) is 23.2 Å². The van der Waals surface area contributed by atoms with Crippen LogP contribution in [-0.4, -0.2) is 40.5 Å². The standard InChI is InChI=1S/C28H35F2N3O4/c1-28(2,3)20-8-11-22(12-9-20)33(27(37)32-21-10-13-23(29)24(30)16-21)17-18-4-6-19(7-5-18)26(36)31-15-14-25(34)35/h4-7,10,13,16,20,22H,8-9,11-12,14-15,17H2,1-3H3,(H,31,36)(H,32,37)(H,34,35). The van der Waals surface area contributed by atoms with Crippen molar-refractivity contribution >= 4 is 23.6 Å². The molecule has 0 saturated heterocycles. The van der Waals surface area contributed by atoms with Crippen LogP contribution in [0.15, 0.2) is 42.5 Å². The predicted octanol–water partition coefficient (Wildman–Crippen LogP) is 5.81. The molecule has 0 unspecified atom stereocenters. The van der Waals surface area contributed by atoms with E-state index >= 15 is 0 Å². The molecule has 37 heavy (non-hydrogen) atoms. The summed E-state index contributed by atoms with van der Waals surface area (Å²) < 4.78 is 27.1. The number of hydrogen-bond donors (Lipinski definition) is 3. The SMILES string of the molecule is CC(C)(C)C1CCC(N(Cc2ccc(C(=O)NCCC(=O)O)cc2)C(=O)Nc2ccc(F)c(F)c2)CC1. The Kier molecular flexibility index (Phi) is 9.23. The summed E-state index contributed by atoms with van der Waals surface area (Å²) >= 11 is 0. The number of carboxylic acid groups (broad SMARTS) is 1. The summed E-state index contributed by atoms with van der Waals surface area (Å²) in [6, 6.07) is 9.60. The molecule has 2 aromatic carbocycles. The van der Waals surface area contributed by atoms with Crippen molar-refractivity contribution in [2.24, 2.45) is 11.3 Å². The number of rotatable bonds is 8. The molecule has 3 rings (SSSR count). The van der Waals surface area contributed by atoms with E-state index < -0.39 is 23.6 Å². The maximum absolute atomic E-state index is 13.7. The molecule has 9 heteroatoms. The van der Waals surface area contributed by atoms with E-state index in [1.807, 2.05) is 0 Å². The zero-order chi connectivity index (χ0) is 27.2. The van der Waals surface area contributed by atoms with Crippen LogP contribution < -0.4 is 10.6 Å². The maximum Gasteiger partial charge on any atom is 0.322 e. The van der Waals surface area contributed by atoms with Gasteiger partial charge in [0, 0.05) is 36.4 Å². The van der Waals surface area contributed by atoms with Gasteiger partial charge >= 0.3 is 12.0 Å². The topological polar surface area (TPSA) is 98.7 Å². The van der Waals surface area contributed by atoms with Crippen molar-refractivity contribution in [3.05, 3.63) is 65.2 Å². The number of nitrogens with zero attached hydrogens (tertiary/aromatic N) is 1. The number of benzene rings is 2. The number of carbonyl (C=O) groups is 3. The van der Waals surface area contributed by atoms with Gasteiger partial charge in [0.15, 0.2) is 11.6 Å². The Morgan fingerprint density at radius 3 is 2.19 bits per heavy atom. The van der Waals surface area contributed by atoms with Crippen molar-refractivity contribution in [1.82, 2.24) is 10.2 Å². The first-order valence-corrected chi connectivity index (χ1v) is 12.6. The fourth-order valence-electron chi connectivity index (χ4n) is 4.73. The van der Waals surface area contributed by atoms with Gasteiger partial charge in [0.25, 0.3) is 5.91 Å². The molecular weight excluding hydrogens is 480 g/mol. The van der Waals surface area contributed by atoms with E-state index in [1.165, 1.54) is 6.07 Å². The molecule has 0 aliphatic heterocycles. The average Bonchev–Trinajstić information content (AvgIpc) is 2.84. The van der Waals surface area contributed by atoms with E-state index in [2.05, 4.69) is 31.4 Å². The van der Waals surface area contributed by atoms with Gasteiger partial charge in [0.1, 0.15) is 0 Å². The van der Waals surface area contributed by atoms with Gasteiger partial charge in [-0.2, -0.15) is 0 Å². The monoisotopic (exact) mass is 515 g/mol. The van der Waals surface area contributed by atoms with Gasteiger partial charge in [-0.15, -0.1) is 0 Å². The molecule has 1 fully saturated rings. The molecule has 200 valence electrons. The molecule has 1 saturated carbocycles. The van der Waals surface area contributed by atoms with Gasteiger partial charge in [-0.3, -0.25) is 9.59 Å². The van der Waals surface area contributed by atoms with E-state index in [0.29, 0.717) is 11.5 Å². The van der Waals surface area contributed by atoms with Gasteiger partial charge in [-0.1, -0.05) is 32.9 Å². The van der Waals surface area contributed by atoms with Crippen LogP contribution in [0.25, 0.3) is 0 Å². The molecule has 0 heterocycles. The third kappa shape index (κ3) is 8.00. The minimum atomic E-state index is -1.03. The lowest BCUT2D eigenvalue weighted by Crippen LogP contribution is -2.45. The largest absolute Gasteiger partial charge is 0.481 e. The third-order valence-electron chi connectivity index (χ3n) is 6.99. The van der Waals surface area contributed by atoms with Gasteiger partial charge in [0.05, 0.1) is 6.42 Å². The van der Waals surface area contributed by atoms with Crippen LogP contribution in [0.5, 0.6) is 0 Å². The van der Waals surface area contributed by atoms with E-state index in [-0.39, 0.29) is 42.6 Å². The van der Waals surface area contributed by atoms with E-state index in [1.54, 1.807) is 29.2 Å². The van der Waals surface area contributed by atoms with Gasteiger partial charge in [-0.25, -0.2) is 13.6 Å². The summed E-state index contributed by atoms with van der Waals surface area (Å²) in [6.45, 7) is 6.99. The Morgan fingerprint density at radius 2 is 1.62 bits per heavy atom. The van der Waals surface area contributed by atoms with Crippen molar-refractivity contribution in [1.29, 1.82) is 0 Å². The smallest absolute Gasteiger partial charge is 0.322 e. The highest BCUT2D eigenvalue weighted by Crippen LogP contribution is 2.39. The fraction of sp³-hybridized carbons (Fsp3) is 0.464. The summed E-state index contributed by atoms with van der Waals surface area (Å²) in [5.41, 5.74) is 1.55. The van der Waals surface area contributed by atoms with Crippen LogP contribution in [0.2, 0.25) is 0 Å². The lowest BCUT2D eigenvalue weighted by Gasteiger charge is -2.41. The molecule has 3 amide bonds. The van der Waals surface area contributed by atoms with Crippen LogP contribution in [-0.2, 0) is 11.3 Å². The van der Waals surface area contributed by atoms with Crippen molar-refractivity contribution in [3.8, 4) is 0 Å². The Bertz CT molecular complexity index is 1110. The first-order valence-electron chi connectivity index (χ1n) is 12.6. The molecule has 0 bridgehead atoms. The first kappa shape index (κ1) is 28.1. The molecule has 1 aliphatic carbocycles. The van der Waals surface area contributed by atoms with Crippen molar-refractivity contribution in [2.75, 3.05) is 11.9 Å². The highest BCUT2D eigenvalue weighted by atomic mass is 19.2. The minimum Gasteiger partial charge on any atom is -0.481 e. The van der Waals surface area contributed by atoms with Crippen molar-refractivity contribution in [3.63, 3.8) is 0 Å². The summed E-state index contributed by atoms with van der Waals surface area (Å²) in [6.07, 6.45) is 3.47. The quantitative estimate of drug-likeness (QED) is 0.413. The van der Waals surface area contributed by atoms with Gasteiger partial charge < -0.3 is 20.6 Å². The molecule has 0 radical (unpaired) electrons. The highest BCUT2D eigenvalue weighted by Gasteiger charge is 2.33. The molecule has 0 aromatic heterocycles. The molecule has 0 spiro atoms. The Hall–Kier alpha value is -3.49. The van der Waals surface area contributed by atoms with E-state index in [0.717, 1.165) is 43.4 Å². The summed E-state index contributed by atoms with van der Waals surface area (Å²) in [7, 11) is 0. The molecule has 0 atom stereocenters. The van der Waals surface area contributed by atoms with Crippen LogP contribution in [0.1, 0.15) is 68.8 Å². The fourth-order valence-corrected chi connectivity index (χ4v) is 4.73. The lowest BCUT2D eigenvalue weighted by molar-refractivity contribution is -0.136. The molecule has 7 nitrogen and oxygen atoms in total. The lowest BCUT2D eigenvalue weighted by atomic mass is 9.71. The number of halogens is 2. The third-order valence-corrected chi connectivity index (χ3v) is 6.99. The molecular formula is C28H35F2N3O4. The first-order chi connectivity index (χ1) is 17.4. The average molecular weight is 516 g/mol. The molecule has 1 aliphatic rings. The summed E-state index contributed by atoms with van der Waals surface area (Å²) in [5, 5.41) is 14.0. The number of carbonyl (C=O) groups excluding carboxylic acids is 2. The Labute approximate surface area is 216 Å². The number of hydrogen-bond acceptors (Lipinski definition) is 3. The Balaban J connectivity index is 1.73. The van der Waals surface area contributed by atoms with Gasteiger partial charge in [-0.05, 0) is 66.8 Å². The Morgan fingerprint density at radius 1 is 0.973 bits per heavy atom. The second-order valence-corrected chi connectivity index (χ2v) is 10.7. The number of amides is 3. The molecule has 3 N–H and O–H groups in total. The van der Waals surface area contributed by atoms with Gasteiger partial charge in [0.2, 0.25) is 0 Å². The number of nitrogens with one attached hydrogen (secondary N) is 2. The second kappa shape index (κ2) is 12.2. The minimum absolute atomic E-state index is 0.0251. The number of anilines is 1. The van der Waals surface area contributed by atoms with Crippen molar-refractivity contribution in [2.45, 2.75) is 65.5 Å². The van der Waals surface area contributed by atoms with Crippen LogP contribution in [0.4, 0.5) is 19.3 Å². The number of carboxylic acids is 1. The summed E-state index contributed by atoms with van der Waals surface area (Å²) in [5.74, 6) is -2.83. The van der Waals surface area contributed by atoms with Crippen LogP contribution in [0, 0.1) is 23.0 Å². The molecule has 2 aromatic rings. The highest BCUT2D eigenvalue weighted by molar-refractivity contribution is 5.94. The zero-order valence-corrected chi connectivity index (χ0v) is 21.5. The summed E-state index contributed by atoms with van der Waals surface area (Å²) in [4.78, 5) is 37.9.